The van der Waals surface area contributed by atoms with Gasteiger partial charge in [0, 0.05) is 19.2 Å². The van der Waals surface area contributed by atoms with Gasteiger partial charge in [0.1, 0.15) is 0 Å². The third kappa shape index (κ3) is 4.62. The molecule has 1 amide bonds. The van der Waals surface area contributed by atoms with Crippen LogP contribution in [0.2, 0.25) is 0 Å². The first-order valence-corrected chi connectivity index (χ1v) is 9.83. The van der Waals surface area contributed by atoms with Crippen LogP contribution < -0.4 is 4.90 Å². The predicted octanol–water partition coefficient (Wildman–Crippen LogP) is 4.52. The summed E-state index contributed by atoms with van der Waals surface area (Å²) in [7, 11) is 4.02. The summed E-state index contributed by atoms with van der Waals surface area (Å²) in [5, 5.41) is 0.753. The topological polar surface area (TPSA) is 36.4 Å². The highest BCUT2D eigenvalue weighted by atomic mass is 32.1. The minimum atomic E-state index is -0.0471. The summed E-state index contributed by atoms with van der Waals surface area (Å²) in [4.78, 5) is 21.6. The summed E-state index contributed by atoms with van der Waals surface area (Å²) in [6, 6.07) is 14.1. The molecule has 0 atom stereocenters. The minimum absolute atomic E-state index is 0.0471. The van der Waals surface area contributed by atoms with Crippen LogP contribution in [0, 0.1) is 13.8 Å². The summed E-state index contributed by atoms with van der Waals surface area (Å²) in [6.07, 6.45) is 3.49. The number of carbonyl (C=O) groups excluding carboxylic acids is 1. The Kier molecular flexibility index (Phi) is 6.04. The highest BCUT2D eigenvalue weighted by molar-refractivity contribution is 7.22. The number of nitrogens with zero attached hydrogens (tertiary/aromatic N) is 3. The largest absolute Gasteiger partial charge is 0.308 e. The van der Waals surface area contributed by atoms with Crippen LogP contribution in [-0.2, 0) is 4.79 Å². The van der Waals surface area contributed by atoms with Crippen LogP contribution in [0.25, 0.3) is 16.3 Å². The lowest BCUT2D eigenvalue weighted by atomic mass is 10.1. The molecule has 0 fully saturated rings. The van der Waals surface area contributed by atoms with E-state index in [4.69, 9.17) is 4.98 Å². The van der Waals surface area contributed by atoms with Crippen LogP contribution in [0.1, 0.15) is 16.7 Å². The minimum Gasteiger partial charge on any atom is -0.308 e. The Morgan fingerprint density at radius 3 is 2.52 bits per heavy atom. The Labute approximate surface area is 164 Å². The van der Waals surface area contributed by atoms with Crippen LogP contribution >= 0.6 is 11.3 Å². The Balaban J connectivity index is 1.92. The van der Waals surface area contributed by atoms with E-state index in [1.54, 1.807) is 22.3 Å². The molecule has 0 aliphatic carbocycles. The van der Waals surface area contributed by atoms with Crippen molar-refractivity contribution in [2.45, 2.75) is 13.8 Å². The fraction of sp³-hybridized carbons (Fsp3) is 0.273. The molecule has 0 aliphatic heterocycles. The normalized spacial score (nSPS) is 11.6. The van der Waals surface area contributed by atoms with Crippen molar-refractivity contribution in [3.63, 3.8) is 0 Å². The van der Waals surface area contributed by atoms with E-state index in [1.807, 2.05) is 50.5 Å². The van der Waals surface area contributed by atoms with Gasteiger partial charge in [-0.1, -0.05) is 47.7 Å². The van der Waals surface area contributed by atoms with Gasteiger partial charge in [-0.25, -0.2) is 4.98 Å². The zero-order valence-electron chi connectivity index (χ0n) is 16.3. The summed E-state index contributed by atoms with van der Waals surface area (Å²) < 4.78 is 1.11. The number of rotatable bonds is 6. The van der Waals surface area contributed by atoms with Crippen molar-refractivity contribution < 1.29 is 4.79 Å². The summed E-state index contributed by atoms with van der Waals surface area (Å²) in [5.41, 5.74) is 4.39. The average molecular weight is 380 g/mol. The van der Waals surface area contributed by atoms with Crippen molar-refractivity contribution in [3.05, 3.63) is 65.2 Å². The highest BCUT2D eigenvalue weighted by Crippen LogP contribution is 2.32. The zero-order valence-corrected chi connectivity index (χ0v) is 17.1. The summed E-state index contributed by atoms with van der Waals surface area (Å²) in [5.74, 6) is -0.0471. The molecule has 2 aromatic carbocycles. The van der Waals surface area contributed by atoms with Crippen LogP contribution in [0.3, 0.4) is 0 Å². The average Bonchev–Trinajstić information content (AvgIpc) is 3.08. The number of fused-ring (bicyclic) bond motifs is 1. The molecule has 0 aliphatic rings. The van der Waals surface area contributed by atoms with E-state index in [2.05, 4.69) is 30.9 Å². The maximum absolute atomic E-state index is 12.9. The number of amides is 1. The number of thiazole rings is 1. The van der Waals surface area contributed by atoms with Gasteiger partial charge in [0.2, 0.25) is 0 Å². The standard InChI is InChI=1S/C22H25N3OS/c1-16-10-12-19-21(17(16)2)23-22(27-19)25(15-14-24(3)4)20(26)13-11-18-8-6-5-7-9-18/h5-13H,14-15H2,1-4H3/b13-11+. The molecule has 1 aromatic heterocycles. The molecular formula is C22H25N3OS. The van der Waals surface area contributed by atoms with Gasteiger partial charge >= 0.3 is 0 Å². The first-order chi connectivity index (χ1) is 13.0. The Bertz CT molecular complexity index is 960. The first-order valence-electron chi connectivity index (χ1n) is 9.02. The fourth-order valence-electron chi connectivity index (χ4n) is 2.75. The molecule has 27 heavy (non-hydrogen) atoms. The molecule has 0 N–H and O–H groups in total. The predicted molar refractivity (Wildman–Crippen MR) is 115 cm³/mol. The van der Waals surface area contributed by atoms with E-state index >= 15 is 0 Å². The number of benzene rings is 2. The second-order valence-corrected chi connectivity index (χ2v) is 7.90. The lowest BCUT2D eigenvalue weighted by Crippen LogP contribution is -2.35. The molecule has 0 radical (unpaired) electrons. The number of hydrogen-bond donors (Lipinski definition) is 0. The fourth-order valence-corrected chi connectivity index (χ4v) is 3.81. The van der Waals surface area contributed by atoms with E-state index in [-0.39, 0.29) is 5.91 Å². The molecular weight excluding hydrogens is 354 g/mol. The van der Waals surface area contributed by atoms with E-state index in [0.717, 1.165) is 27.5 Å². The lowest BCUT2D eigenvalue weighted by Gasteiger charge is -2.20. The molecule has 0 spiro atoms. The van der Waals surface area contributed by atoms with Crippen molar-refractivity contribution >= 4 is 38.7 Å². The summed E-state index contributed by atoms with van der Waals surface area (Å²) in [6.45, 7) is 5.55. The van der Waals surface area contributed by atoms with Crippen molar-refractivity contribution in [1.29, 1.82) is 0 Å². The Morgan fingerprint density at radius 1 is 1.07 bits per heavy atom. The molecule has 140 valence electrons. The number of carbonyl (C=O) groups is 1. The van der Waals surface area contributed by atoms with E-state index in [0.29, 0.717) is 6.54 Å². The van der Waals surface area contributed by atoms with Gasteiger partial charge in [-0.15, -0.1) is 0 Å². The van der Waals surface area contributed by atoms with Crippen LogP contribution in [0.5, 0.6) is 0 Å². The molecule has 0 saturated carbocycles. The molecule has 5 heteroatoms. The smallest absolute Gasteiger partial charge is 0.252 e. The summed E-state index contributed by atoms with van der Waals surface area (Å²) >= 11 is 1.57. The second-order valence-electron chi connectivity index (χ2n) is 6.89. The zero-order chi connectivity index (χ0) is 19.4. The van der Waals surface area contributed by atoms with Crippen molar-refractivity contribution in [3.8, 4) is 0 Å². The van der Waals surface area contributed by atoms with Crippen molar-refractivity contribution in [1.82, 2.24) is 9.88 Å². The van der Waals surface area contributed by atoms with E-state index in [9.17, 15) is 4.79 Å². The lowest BCUT2D eigenvalue weighted by molar-refractivity contribution is -0.114. The van der Waals surface area contributed by atoms with Gasteiger partial charge in [0.05, 0.1) is 10.2 Å². The van der Waals surface area contributed by atoms with Gasteiger partial charge in [-0.05, 0) is 56.8 Å². The SMILES string of the molecule is Cc1ccc2sc(N(CCN(C)C)C(=O)/C=C/c3ccccc3)nc2c1C. The van der Waals surface area contributed by atoms with Crippen molar-refractivity contribution in [2.24, 2.45) is 0 Å². The molecule has 1 heterocycles. The molecule has 3 aromatic rings. The number of likely N-dealkylation sites (N-methyl/N-ethyl adjacent to an activating group) is 1. The Hall–Kier alpha value is -2.50. The Morgan fingerprint density at radius 2 is 1.81 bits per heavy atom. The van der Waals surface area contributed by atoms with Crippen LogP contribution in [0.4, 0.5) is 5.13 Å². The first kappa shape index (κ1) is 19.3. The van der Waals surface area contributed by atoms with Crippen molar-refractivity contribution in [2.75, 3.05) is 32.1 Å². The quantitative estimate of drug-likeness (QED) is 0.591. The van der Waals surface area contributed by atoms with Crippen LogP contribution in [-0.4, -0.2) is 43.0 Å². The maximum atomic E-state index is 12.9. The van der Waals surface area contributed by atoms with Gasteiger partial charge in [-0.3, -0.25) is 9.69 Å². The third-order valence-electron chi connectivity index (χ3n) is 4.56. The number of hydrogen-bond acceptors (Lipinski definition) is 4. The van der Waals surface area contributed by atoms with Gasteiger partial charge < -0.3 is 4.90 Å². The van der Waals surface area contributed by atoms with Gasteiger partial charge in [0.25, 0.3) is 5.91 Å². The van der Waals surface area contributed by atoms with Crippen LogP contribution in [0.15, 0.2) is 48.5 Å². The maximum Gasteiger partial charge on any atom is 0.252 e. The third-order valence-corrected chi connectivity index (χ3v) is 5.60. The second kappa shape index (κ2) is 8.46. The van der Waals surface area contributed by atoms with Gasteiger partial charge in [0.15, 0.2) is 5.13 Å². The monoisotopic (exact) mass is 379 g/mol. The van der Waals surface area contributed by atoms with E-state index < -0.39 is 0 Å². The number of aryl methyl sites for hydroxylation is 2. The van der Waals surface area contributed by atoms with Gasteiger partial charge in [-0.2, -0.15) is 0 Å². The molecule has 3 rings (SSSR count). The van der Waals surface area contributed by atoms with E-state index in [1.165, 1.54) is 11.1 Å². The molecule has 0 bridgehead atoms. The number of aromatic nitrogens is 1. The molecule has 0 unspecified atom stereocenters. The number of anilines is 1. The molecule has 4 nitrogen and oxygen atoms in total. The molecule has 0 saturated heterocycles. The highest BCUT2D eigenvalue weighted by Gasteiger charge is 2.19.